The zero-order chi connectivity index (χ0) is 12.5. The summed E-state index contributed by atoms with van der Waals surface area (Å²) in [5, 5.41) is 9.62. The predicted molar refractivity (Wildman–Crippen MR) is 70.5 cm³/mol. The summed E-state index contributed by atoms with van der Waals surface area (Å²) in [6, 6.07) is 10.2. The average molecular weight is 235 g/mol. The minimum atomic E-state index is -0.296. The summed E-state index contributed by atoms with van der Waals surface area (Å²) in [4.78, 5) is 0. The van der Waals surface area contributed by atoms with Crippen molar-refractivity contribution < 1.29 is 9.84 Å². The van der Waals surface area contributed by atoms with Crippen LogP contribution in [0.25, 0.3) is 0 Å². The van der Waals surface area contributed by atoms with Gasteiger partial charge in [0.25, 0.3) is 0 Å². The quantitative estimate of drug-likeness (QED) is 0.749. The molecule has 1 rings (SSSR count). The van der Waals surface area contributed by atoms with E-state index in [0.717, 1.165) is 12.8 Å². The second kappa shape index (κ2) is 8.26. The molecule has 0 amide bonds. The summed E-state index contributed by atoms with van der Waals surface area (Å²) in [5.41, 5.74) is 1.19. The van der Waals surface area contributed by atoms with E-state index in [4.69, 9.17) is 4.74 Å². The zero-order valence-corrected chi connectivity index (χ0v) is 10.8. The molecule has 0 bridgehead atoms. The van der Waals surface area contributed by atoms with E-state index >= 15 is 0 Å². The lowest BCUT2D eigenvalue weighted by Crippen LogP contribution is -2.15. The summed E-state index contributed by atoms with van der Waals surface area (Å²) >= 11 is 0. The minimum absolute atomic E-state index is 0.296. The summed E-state index contributed by atoms with van der Waals surface area (Å²) in [6.07, 6.45) is 3.34. The zero-order valence-electron chi connectivity index (χ0n) is 10.8. The van der Waals surface area contributed by atoms with Crippen LogP contribution >= 0.6 is 0 Å². The largest absolute Gasteiger partial charge is 0.393 e. The van der Waals surface area contributed by atoms with E-state index in [2.05, 4.69) is 19.1 Å². The van der Waals surface area contributed by atoms with Crippen molar-refractivity contribution in [1.82, 2.24) is 0 Å². The average Bonchev–Trinajstić information content (AvgIpc) is 2.30. The van der Waals surface area contributed by atoms with Gasteiger partial charge in [0, 0.05) is 6.61 Å². The Balaban J connectivity index is 2.14. The lowest BCUT2D eigenvalue weighted by molar-refractivity contribution is 0.0713. The summed E-state index contributed by atoms with van der Waals surface area (Å²) in [5.74, 6) is 0.386. The van der Waals surface area contributed by atoms with Crippen LogP contribution in [0.3, 0.4) is 0 Å². The van der Waals surface area contributed by atoms with E-state index in [1.165, 1.54) is 5.56 Å². The Hall–Kier alpha value is -0.860. The fourth-order valence-electron chi connectivity index (χ4n) is 1.80. The van der Waals surface area contributed by atoms with Crippen LogP contribution in [0.15, 0.2) is 30.3 Å². The molecule has 0 spiro atoms. The van der Waals surface area contributed by atoms with Gasteiger partial charge in [-0.1, -0.05) is 50.6 Å². The van der Waals surface area contributed by atoms with Crippen molar-refractivity contribution in [2.45, 2.75) is 39.4 Å². The van der Waals surface area contributed by atoms with Gasteiger partial charge in [0.05, 0.1) is 12.7 Å². The Morgan fingerprint density at radius 3 is 2.65 bits per heavy atom. The highest BCUT2D eigenvalue weighted by Gasteiger charge is 2.09. The first-order valence-corrected chi connectivity index (χ1v) is 6.35. The molecule has 1 N–H and O–H groups in total. The molecule has 1 aromatic carbocycles. The molecule has 95 valence electrons. The Morgan fingerprint density at radius 1 is 1.29 bits per heavy atom. The third-order valence-electron chi connectivity index (χ3n) is 2.67. The van der Waals surface area contributed by atoms with Gasteiger partial charge in [0.15, 0.2) is 0 Å². The van der Waals surface area contributed by atoms with Crippen LogP contribution in [0.2, 0.25) is 0 Å². The molecular formula is C15H23O2. The number of hydrogen-bond donors (Lipinski definition) is 1. The van der Waals surface area contributed by atoms with Gasteiger partial charge in [-0.05, 0) is 24.3 Å². The van der Waals surface area contributed by atoms with Crippen molar-refractivity contribution in [3.63, 3.8) is 0 Å². The maximum atomic E-state index is 9.62. The number of ether oxygens (including phenoxy) is 1. The lowest BCUT2D eigenvalue weighted by atomic mass is 10.0. The van der Waals surface area contributed by atoms with E-state index in [1.54, 1.807) is 0 Å². The molecule has 1 radical (unpaired) electrons. The highest BCUT2D eigenvalue weighted by atomic mass is 16.5. The topological polar surface area (TPSA) is 29.5 Å². The van der Waals surface area contributed by atoms with Crippen LogP contribution in [0.5, 0.6) is 0 Å². The van der Waals surface area contributed by atoms with Crippen LogP contribution < -0.4 is 0 Å². The fourth-order valence-corrected chi connectivity index (χ4v) is 1.80. The molecule has 0 fully saturated rings. The third-order valence-corrected chi connectivity index (χ3v) is 2.67. The van der Waals surface area contributed by atoms with Crippen molar-refractivity contribution in [2.75, 3.05) is 6.61 Å². The summed E-state index contributed by atoms with van der Waals surface area (Å²) in [6.45, 7) is 5.50. The predicted octanol–water partition coefficient (Wildman–Crippen LogP) is 3.20. The van der Waals surface area contributed by atoms with Crippen LogP contribution in [-0.2, 0) is 11.3 Å². The number of hydrogen-bond acceptors (Lipinski definition) is 2. The van der Waals surface area contributed by atoms with Crippen molar-refractivity contribution in [1.29, 1.82) is 0 Å². The monoisotopic (exact) mass is 235 g/mol. The van der Waals surface area contributed by atoms with E-state index < -0.39 is 0 Å². The summed E-state index contributed by atoms with van der Waals surface area (Å²) < 4.78 is 5.64. The summed E-state index contributed by atoms with van der Waals surface area (Å²) in [7, 11) is 0. The van der Waals surface area contributed by atoms with Gasteiger partial charge in [-0.3, -0.25) is 0 Å². The first-order valence-electron chi connectivity index (χ1n) is 6.35. The normalized spacial score (nSPS) is 14.5. The maximum Gasteiger partial charge on any atom is 0.0717 e. The van der Waals surface area contributed by atoms with Crippen molar-refractivity contribution in [2.24, 2.45) is 5.92 Å². The SMILES string of the molecule is CC[CH]C(O)CC(C)COCc1ccccc1. The van der Waals surface area contributed by atoms with Gasteiger partial charge in [-0.25, -0.2) is 0 Å². The molecule has 0 saturated heterocycles. The lowest BCUT2D eigenvalue weighted by Gasteiger charge is -2.15. The maximum absolute atomic E-state index is 9.62. The van der Waals surface area contributed by atoms with Crippen LogP contribution in [0.1, 0.15) is 32.3 Å². The Labute approximate surface area is 105 Å². The highest BCUT2D eigenvalue weighted by Crippen LogP contribution is 2.11. The Bertz CT molecular complexity index is 284. The number of aliphatic hydroxyl groups is 1. The molecule has 0 saturated carbocycles. The smallest absolute Gasteiger partial charge is 0.0717 e. The molecule has 1 aromatic rings. The van der Waals surface area contributed by atoms with Gasteiger partial charge >= 0.3 is 0 Å². The number of benzene rings is 1. The van der Waals surface area contributed by atoms with Gasteiger partial charge in [0.2, 0.25) is 0 Å². The van der Waals surface area contributed by atoms with Gasteiger partial charge in [-0.15, -0.1) is 0 Å². The molecule has 2 heteroatoms. The number of rotatable bonds is 8. The first-order chi connectivity index (χ1) is 8.22. The standard InChI is InChI=1S/C15H23O2/c1-3-7-15(16)10-13(2)11-17-12-14-8-5-4-6-9-14/h4-9,13,15-16H,3,10-12H2,1-2H3. The van der Waals surface area contributed by atoms with Crippen LogP contribution in [-0.4, -0.2) is 17.8 Å². The molecule has 0 aliphatic rings. The van der Waals surface area contributed by atoms with Crippen molar-refractivity contribution in [3.8, 4) is 0 Å². The Kier molecular flexibility index (Phi) is 6.90. The molecule has 0 heterocycles. The second-order valence-electron chi connectivity index (χ2n) is 4.55. The van der Waals surface area contributed by atoms with E-state index in [0.29, 0.717) is 19.1 Å². The van der Waals surface area contributed by atoms with Crippen molar-refractivity contribution >= 4 is 0 Å². The second-order valence-corrected chi connectivity index (χ2v) is 4.55. The molecule has 2 unspecified atom stereocenters. The van der Waals surface area contributed by atoms with Crippen molar-refractivity contribution in [3.05, 3.63) is 42.3 Å². The van der Waals surface area contributed by atoms with Crippen LogP contribution in [0, 0.1) is 12.3 Å². The van der Waals surface area contributed by atoms with E-state index in [1.807, 2.05) is 31.5 Å². The van der Waals surface area contributed by atoms with Gasteiger partial charge < -0.3 is 9.84 Å². The van der Waals surface area contributed by atoms with Gasteiger partial charge in [0.1, 0.15) is 0 Å². The molecule has 2 atom stereocenters. The molecule has 0 aliphatic heterocycles. The van der Waals surface area contributed by atoms with E-state index in [9.17, 15) is 5.11 Å². The Morgan fingerprint density at radius 2 is 2.00 bits per heavy atom. The molecular weight excluding hydrogens is 212 g/mol. The van der Waals surface area contributed by atoms with Gasteiger partial charge in [-0.2, -0.15) is 0 Å². The highest BCUT2D eigenvalue weighted by molar-refractivity contribution is 5.13. The minimum Gasteiger partial charge on any atom is -0.393 e. The number of aliphatic hydroxyl groups excluding tert-OH is 1. The van der Waals surface area contributed by atoms with Crippen LogP contribution in [0.4, 0.5) is 0 Å². The molecule has 0 aromatic heterocycles. The fraction of sp³-hybridized carbons (Fsp3) is 0.533. The van der Waals surface area contributed by atoms with E-state index in [-0.39, 0.29) is 6.10 Å². The third kappa shape index (κ3) is 6.44. The molecule has 17 heavy (non-hydrogen) atoms. The molecule has 2 nitrogen and oxygen atoms in total. The molecule has 0 aliphatic carbocycles. The first kappa shape index (κ1) is 14.2.